The summed E-state index contributed by atoms with van der Waals surface area (Å²) in [5.74, 6) is 0. The van der Waals surface area contributed by atoms with Crippen LogP contribution in [0, 0.1) is 0 Å². The molecule has 1 aliphatic rings. The van der Waals surface area contributed by atoms with Crippen molar-refractivity contribution in [3.63, 3.8) is 0 Å². The predicted molar refractivity (Wildman–Crippen MR) is 113 cm³/mol. The largest absolute Gasteiger partial charge is 0.309 e. The number of para-hydroxylation sites is 2. The minimum atomic E-state index is 1.12. The van der Waals surface area contributed by atoms with Crippen molar-refractivity contribution in [1.29, 1.82) is 0 Å². The fourth-order valence-corrected chi connectivity index (χ4v) is 4.69. The first-order valence-electron chi connectivity index (χ1n) is 8.11. The van der Waals surface area contributed by atoms with Crippen LogP contribution in [-0.4, -0.2) is 0 Å². The summed E-state index contributed by atoms with van der Waals surface area (Å²) in [6.45, 7) is 0. The summed E-state index contributed by atoms with van der Waals surface area (Å²) < 4.78 is 2.24. The normalized spacial score (nSPS) is 12.3. The number of nitrogens with zero attached hydrogens (tertiary/aromatic N) is 1. The Kier molecular flexibility index (Phi) is 3.47. The molecule has 1 nitrogen and oxygen atoms in total. The van der Waals surface area contributed by atoms with E-state index in [1.54, 1.807) is 0 Å². The van der Waals surface area contributed by atoms with Crippen molar-refractivity contribution in [3.05, 3.63) is 87.8 Å². The third-order valence-electron chi connectivity index (χ3n) is 4.73. The molecule has 120 valence electrons. The maximum atomic E-state index is 3.78. The average Bonchev–Trinajstić information content (AvgIpc) is 2.66. The molecule has 0 radical (unpaired) electrons. The Hall–Kier alpha value is -2.10. The van der Waals surface area contributed by atoms with Gasteiger partial charge in [0.1, 0.15) is 0 Å². The van der Waals surface area contributed by atoms with Crippen molar-refractivity contribution in [1.82, 2.24) is 0 Å². The predicted octanol–water partition coefficient (Wildman–Crippen LogP) is 7.82. The highest BCUT2D eigenvalue weighted by molar-refractivity contribution is 9.11. The number of halogens is 2. The van der Waals surface area contributed by atoms with Gasteiger partial charge in [0.15, 0.2) is 0 Å². The lowest BCUT2D eigenvalue weighted by molar-refractivity contribution is 1.28. The first kappa shape index (κ1) is 15.2. The van der Waals surface area contributed by atoms with Gasteiger partial charge in [-0.1, -0.05) is 74.3 Å². The minimum Gasteiger partial charge on any atom is -0.309 e. The highest BCUT2D eigenvalue weighted by atomic mass is 79.9. The van der Waals surface area contributed by atoms with Crippen molar-refractivity contribution >= 4 is 59.7 Å². The lowest BCUT2D eigenvalue weighted by Gasteiger charge is -2.34. The molecule has 0 amide bonds. The van der Waals surface area contributed by atoms with E-state index in [1.807, 2.05) is 0 Å². The van der Waals surface area contributed by atoms with Gasteiger partial charge in [-0.2, -0.15) is 0 Å². The van der Waals surface area contributed by atoms with Gasteiger partial charge in [-0.05, 0) is 41.8 Å². The lowest BCUT2D eigenvalue weighted by atomic mass is 9.91. The van der Waals surface area contributed by atoms with E-state index >= 15 is 0 Å². The molecular formula is C22H13Br2N. The number of hydrogen-bond donors (Lipinski definition) is 0. The Morgan fingerprint density at radius 1 is 0.600 bits per heavy atom. The molecule has 3 heteroatoms. The van der Waals surface area contributed by atoms with Crippen LogP contribution in [0.5, 0.6) is 0 Å². The first-order chi connectivity index (χ1) is 12.3. The molecule has 0 aromatic heterocycles. The summed E-state index contributed by atoms with van der Waals surface area (Å²) in [6, 6.07) is 27.8. The summed E-state index contributed by atoms with van der Waals surface area (Å²) in [7, 11) is 0. The second-order valence-corrected chi connectivity index (χ2v) is 7.81. The summed E-state index contributed by atoms with van der Waals surface area (Å²) >= 11 is 7.51. The number of fused-ring (bicyclic) bond motifs is 2. The van der Waals surface area contributed by atoms with E-state index < -0.39 is 0 Å². The van der Waals surface area contributed by atoms with Crippen LogP contribution in [0.25, 0.3) is 21.9 Å². The third kappa shape index (κ3) is 2.19. The standard InChI is InChI=1S/C22H13Br2N/c23-17-12-13-20-22-15(17)10-11-18(24)21(22)16-8-4-5-9-19(16)25(20)14-6-2-1-3-7-14/h1-13H. The van der Waals surface area contributed by atoms with E-state index in [1.165, 1.54) is 39.0 Å². The molecule has 0 aliphatic carbocycles. The molecule has 1 aliphatic heterocycles. The summed E-state index contributed by atoms with van der Waals surface area (Å²) in [4.78, 5) is 2.35. The van der Waals surface area contributed by atoms with Gasteiger partial charge in [0.05, 0.1) is 11.4 Å². The zero-order chi connectivity index (χ0) is 17.0. The Morgan fingerprint density at radius 2 is 1.32 bits per heavy atom. The third-order valence-corrected chi connectivity index (χ3v) is 6.08. The molecule has 5 rings (SSSR count). The van der Waals surface area contributed by atoms with Gasteiger partial charge in [0.25, 0.3) is 0 Å². The topological polar surface area (TPSA) is 3.24 Å². The van der Waals surface area contributed by atoms with Crippen LogP contribution in [-0.2, 0) is 0 Å². The van der Waals surface area contributed by atoms with Crippen molar-refractivity contribution in [2.45, 2.75) is 0 Å². The molecule has 0 N–H and O–H groups in total. The van der Waals surface area contributed by atoms with Crippen molar-refractivity contribution in [2.24, 2.45) is 0 Å². The molecule has 0 fully saturated rings. The average molecular weight is 451 g/mol. The summed E-state index contributed by atoms with van der Waals surface area (Å²) in [6.07, 6.45) is 0. The van der Waals surface area contributed by atoms with E-state index in [2.05, 4.69) is 116 Å². The van der Waals surface area contributed by atoms with Crippen LogP contribution in [0.3, 0.4) is 0 Å². The Morgan fingerprint density at radius 3 is 2.16 bits per heavy atom. The molecule has 0 bridgehead atoms. The second-order valence-electron chi connectivity index (χ2n) is 6.10. The monoisotopic (exact) mass is 449 g/mol. The minimum absolute atomic E-state index is 1.12. The number of hydrogen-bond acceptors (Lipinski definition) is 1. The zero-order valence-electron chi connectivity index (χ0n) is 13.2. The van der Waals surface area contributed by atoms with E-state index in [4.69, 9.17) is 0 Å². The van der Waals surface area contributed by atoms with Crippen molar-refractivity contribution in [3.8, 4) is 11.1 Å². The molecule has 4 aromatic carbocycles. The number of benzene rings is 4. The van der Waals surface area contributed by atoms with Crippen molar-refractivity contribution in [2.75, 3.05) is 4.90 Å². The number of anilines is 3. The number of rotatable bonds is 1. The maximum absolute atomic E-state index is 3.78. The molecule has 0 unspecified atom stereocenters. The summed E-state index contributed by atoms with van der Waals surface area (Å²) in [5.41, 5.74) is 6.09. The molecule has 1 heterocycles. The summed E-state index contributed by atoms with van der Waals surface area (Å²) in [5, 5.41) is 2.50. The lowest BCUT2D eigenvalue weighted by Crippen LogP contribution is -2.15. The van der Waals surface area contributed by atoms with Crippen LogP contribution >= 0.6 is 31.9 Å². The van der Waals surface area contributed by atoms with E-state index in [0.29, 0.717) is 0 Å². The quantitative estimate of drug-likeness (QED) is 0.251. The zero-order valence-corrected chi connectivity index (χ0v) is 16.4. The second kappa shape index (κ2) is 5.72. The van der Waals surface area contributed by atoms with E-state index in [9.17, 15) is 0 Å². The van der Waals surface area contributed by atoms with Gasteiger partial charge in [0.2, 0.25) is 0 Å². The highest BCUT2D eigenvalue weighted by Crippen LogP contribution is 2.53. The highest BCUT2D eigenvalue weighted by Gasteiger charge is 2.27. The molecule has 0 saturated carbocycles. The molecule has 0 saturated heterocycles. The molecular weight excluding hydrogens is 438 g/mol. The van der Waals surface area contributed by atoms with Crippen LogP contribution in [0.15, 0.2) is 87.8 Å². The first-order valence-corrected chi connectivity index (χ1v) is 9.69. The Labute approximate surface area is 163 Å². The van der Waals surface area contributed by atoms with E-state index in [-0.39, 0.29) is 0 Å². The van der Waals surface area contributed by atoms with Gasteiger partial charge < -0.3 is 4.90 Å². The van der Waals surface area contributed by atoms with Crippen LogP contribution in [0.2, 0.25) is 0 Å². The van der Waals surface area contributed by atoms with Gasteiger partial charge in [0, 0.05) is 31.1 Å². The fourth-order valence-electron chi connectivity index (χ4n) is 3.68. The van der Waals surface area contributed by atoms with Gasteiger partial charge in [-0.25, -0.2) is 0 Å². The molecule has 4 aromatic rings. The van der Waals surface area contributed by atoms with Crippen LogP contribution in [0.4, 0.5) is 17.1 Å². The van der Waals surface area contributed by atoms with Crippen LogP contribution < -0.4 is 4.90 Å². The van der Waals surface area contributed by atoms with Crippen LogP contribution in [0.1, 0.15) is 0 Å². The van der Waals surface area contributed by atoms with Gasteiger partial charge in [-0.15, -0.1) is 0 Å². The van der Waals surface area contributed by atoms with Gasteiger partial charge in [-0.3, -0.25) is 0 Å². The maximum Gasteiger partial charge on any atom is 0.0547 e. The van der Waals surface area contributed by atoms with Crippen molar-refractivity contribution < 1.29 is 0 Å². The van der Waals surface area contributed by atoms with E-state index in [0.717, 1.165) is 8.95 Å². The Balaban J connectivity index is 1.98. The molecule has 25 heavy (non-hydrogen) atoms. The smallest absolute Gasteiger partial charge is 0.0547 e. The molecule has 0 spiro atoms. The van der Waals surface area contributed by atoms with Gasteiger partial charge >= 0.3 is 0 Å². The SMILES string of the molecule is Brc1ccc2c(Br)ccc3c2c1-c1ccccc1N3c1ccccc1. The fraction of sp³-hybridized carbons (Fsp3) is 0. The molecule has 0 atom stereocenters. The Bertz CT molecular complexity index is 1120.